The van der Waals surface area contributed by atoms with Gasteiger partial charge in [0.2, 0.25) is 0 Å². The molecule has 1 atom stereocenters. The Hall–Kier alpha value is -1.28. The summed E-state index contributed by atoms with van der Waals surface area (Å²) in [5.41, 5.74) is 2.30. The van der Waals surface area contributed by atoms with E-state index in [4.69, 9.17) is 4.42 Å². The van der Waals surface area contributed by atoms with Crippen LogP contribution >= 0.6 is 0 Å². The van der Waals surface area contributed by atoms with E-state index in [0.29, 0.717) is 6.04 Å². The van der Waals surface area contributed by atoms with Gasteiger partial charge in [-0.2, -0.15) is 0 Å². The molecule has 72 valence electrons. The van der Waals surface area contributed by atoms with E-state index in [-0.39, 0.29) is 0 Å². The number of rotatable bonds is 1. The van der Waals surface area contributed by atoms with Gasteiger partial charge in [-0.3, -0.25) is 0 Å². The molecule has 0 aliphatic carbocycles. The van der Waals surface area contributed by atoms with Crippen molar-refractivity contribution >= 4 is 11.0 Å². The van der Waals surface area contributed by atoms with Gasteiger partial charge in [-0.15, -0.1) is 0 Å². The van der Waals surface area contributed by atoms with E-state index in [2.05, 4.69) is 24.4 Å². The fourth-order valence-electron chi connectivity index (χ4n) is 2.04. The maximum Gasteiger partial charge on any atom is 0.134 e. The molecular weight excluding hydrogens is 174 g/mol. The summed E-state index contributed by atoms with van der Waals surface area (Å²) in [6, 6.07) is 8.68. The molecule has 3 rings (SSSR count). The summed E-state index contributed by atoms with van der Waals surface area (Å²) in [5, 5.41) is 4.62. The minimum absolute atomic E-state index is 0.447. The summed E-state index contributed by atoms with van der Waals surface area (Å²) in [5.74, 6) is 1.12. The molecule has 2 heteroatoms. The minimum Gasteiger partial charge on any atom is -0.459 e. The Morgan fingerprint density at radius 2 is 2.14 bits per heavy atom. The van der Waals surface area contributed by atoms with Gasteiger partial charge in [0, 0.05) is 5.39 Å². The second kappa shape index (κ2) is 2.85. The molecule has 1 aromatic heterocycles. The summed E-state index contributed by atoms with van der Waals surface area (Å²) in [6.45, 7) is 3.25. The molecule has 1 aliphatic heterocycles. The van der Waals surface area contributed by atoms with E-state index in [1.165, 1.54) is 17.4 Å². The first-order valence-corrected chi connectivity index (χ1v) is 5.07. The van der Waals surface area contributed by atoms with Crippen LogP contribution in [-0.4, -0.2) is 6.54 Å². The Balaban J connectivity index is 2.19. The van der Waals surface area contributed by atoms with Crippen molar-refractivity contribution < 1.29 is 4.42 Å². The van der Waals surface area contributed by atoms with Gasteiger partial charge in [-0.1, -0.05) is 18.2 Å². The van der Waals surface area contributed by atoms with Crippen molar-refractivity contribution in [1.29, 1.82) is 0 Å². The average molecular weight is 187 g/mol. The van der Waals surface area contributed by atoms with Crippen molar-refractivity contribution in [2.24, 2.45) is 0 Å². The van der Waals surface area contributed by atoms with Crippen LogP contribution in [0.15, 0.2) is 28.7 Å². The monoisotopic (exact) mass is 187 g/mol. The normalized spacial score (nSPS) is 21.1. The molecule has 2 heterocycles. The molecule has 0 bridgehead atoms. The number of aryl methyl sites for hydroxylation is 1. The lowest BCUT2D eigenvalue weighted by Crippen LogP contribution is -2.35. The highest BCUT2D eigenvalue weighted by atomic mass is 16.3. The molecule has 0 amide bonds. The second-order valence-electron chi connectivity index (χ2n) is 3.88. The lowest BCUT2D eigenvalue weighted by Gasteiger charge is -2.26. The highest BCUT2D eigenvalue weighted by Crippen LogP contribution is 2.32. The van der Waals surface area contributed by atoms with Gasteiger partial charge in [0.25, 0.3) is 0 Å². The van der Waals surface area contributed by atoms with Crippen molar-refractivity contribution in [3.05, 3.63) is 35.6 Å². The number of para-hydroxylation sites is 1. The van der Waals surface area contributed by atoms with Gasteiger partial charge in [-0.05, 0) is 31.5 Å². The first-order chi connectivity index (χ1) is 6.86. The summed E-state index contributed by atoms with van der Waals surface area (Å²) >= 11 is 0. The molecule has 0 saturated carbocycles. The number of nitrogens with one attached hydrogen (secondary N) is 1. The third-order valence-corrected chi connectivity index (χ3v) is 3.02. The van der Waals surface area contributed by atoms with E-state index < -0.39 is 0 Å². The summed E-state index contributed by atoms with van der Waals surface area (Å²) in [6.07, 6.45) is 1.20. The number of hydrogen-bond donors (Lipinski definition) is 1. The van der Waals surface area contributed by atoms with E-state index >= 15 is 0 Å². The molecule has 1 aromatic carbocycles. The van der Waals surface area contributed by atoms with Crippen molar-refractivity contribution in [3.8, 4) is 0 Å². The molecule has 1 saturated heterocycles. The Labute approximate surface area is 82.9 Å². The van der Waals surface area contributed by atoms with Gasteiger partial charge in [-0.25, -0.2) is 0 Å². The predicted molar refractivity (Wildman–Crippen MR) is 56.3 cm³/mol. The maximum absolute atomic E-state index is 5.84. The summed E-state index contributed by atoms with van der Waals surface area (Å²) < 4.78 is 5.84. The molecular formula is C12H13NO. The number of furan rings is 1. The SMILES string of the molecule is Cc1c([C@H]2CCN2)oc2ccccc12. The molecule has 0 radical (unpaired) electrons. The first kappa shape index (κ1) is 8.06. The van der Waals surface area contributed by atoms with E-state index in [9.17, 15) is 0 Å². The van der Waals surface area contributed by atoms with E-state index in [0.717, 1.165) is 17.9 Å². The molecule has 14 heavy (non-hydrogen) atoms. The van der Waals surface area contributed by atoms with Crippen molar-refractivity contribution in [2.75, 3.05) is 6.54 Å². The van der Waals surface area contributed by atoms with Crippen LogP contribution in [0.2, 0.25) is 0 Å². The van der Waals surface area contributed by atoms with Gasteiger partial charge in [0.05, 0.1) is 6.04 Å². The van der Waals surface area contributed by atoms with E-state index in [1.54, 1.807) is 0 Å². The Kier molecular flexibility index (Phi) is 1.64. The lowest BCUT2D eigenvalue weighted by atomic mass is 10.0. The topological polar surface area (TPSA) is 25.2 Å². The molecule has 1 fully saturated rings. The third-order valence-electron chi connectivity index (χ3n) is 3.02. The summed E-state index contributed by atoms with van der Waals surface area (Å²) in [4.78, 5) is 0. The molecule has 1 N–H and O–H groups in total. The maximum atomic E-state index is 5.84. The number of hydrogen-bond acceptors (Lipinski definition) is 2. The standard InChI is InChI=1S/C12H13NO/c1-8-9-4-2-3-5-11(9)14-12(8)10-6-7-13-10/h2-5,10,13H,6-7H2,1H3/t10-/m1/s1. The Morgan fingerprint density at radius 1 is 1.36 bits per heavy atom. The van der Waals surface area contributed by atoms with Crippen LogP contribution in [-0.2, 0) is 0 Å². The van der Waals surface area contributed by atoms with Crippen LogP contribution in [0.4, 0.5) is 0 Å². The van der Waals surface area contributed by atoms with E-state index in [1.807, 2.05) is 12.1 Å². The zero-order valence-electron chi connectivity index (χ0n) is 8.21. The van der Waals surface area contributed by atoms with Gasteiger partial charge >= 0.3 is 0 Å². The van der Waals surface area contributed by atoms with Gasteiger partial charge in [0.15, 0.2) is 0 Å². The van der Waals surface area contributed by atoms with Gasteiger partial charge in [0.1, 0.15) is 11.3 Å². The second-order valence-corrected chi connectivity index (χ2v) is 3.88. The van der Waals surface area contributed by atoms with Crippen LogP contribution < -0.4 is 5.32 Å². The fourth-order valence-corrected chi connectivity index (χ4v) is 2.04. The molecule has 0 spiro atoms. The van der Waals surface area contributed by atoms with Crippen LogP contribution in [0.3, 0.4) is 0 Å². The quantitative estimate of drug-likeness (QED) is 0.742. The smallest absolute Gasteiger partial charge is 0.134 e. The minimum atomic E-state index is 0.447. The first-order valence-electron chi connectivity index (χ1n) is 5.07. The zero-order chi connectivity index (χ0) is 9.54. The molecule has 2 nitrogen and oxygen atoms in total. The zero-order valence-corrected chi connectivity index (χ0v) is 8.21. The largest absolute Gasteiger partial charge is 0.459 e. The highest BCUT2D eigenvalue weighted by molar-refractivity contribution is 5.82. The van der Waals surface area contributed by atoms with Crippen molar-refractivity contribution in [3.63, 3.8) is 0 Å². The number of fused-ring (bicyclic) bond motifs is 1. The lowest BCUT2D eigenvalue weighted by molar-refractivity contribution is 0.325. The van der Waals surface area contributed by atoms with Crippen LogP contribution in [0.5, 0.6) is 0 Å². The molecule has 2 aromatic rings. The molecule has 0 unspecified atom stereocenters. The van der Waals surface area contributed by atoms with Gasteiger partial charge < -0.3 is 9.73 Å². The van der Waals surface area contributed by atoms with Crippen LogP contribution in [0.1, 0.15) is 23.8 Å². The summed E-state index contributed by atoms with van der Waals surface area (Å²) in [7, 11) is 0. The van der Waals surface area contributed by atoms with Crippen LogP contribution in [0, 0.1) is 6.92 Å². The average Bonchev–Trinajstić information content (AvgIpc) is 2.43. The Bertz CT molecular complexity index is 468. The van der Waals surface area contributed by atoms with Crippen molar-refractivity contribution in [1.82, 2.24) is 5.32 Å². The highest BCUT2D eigenvalue weighted by Gasteiger charge is 2.24. The Morgan fingerprint density at radius 3 is 2.79 bits per heavy atom. The number of benzene rings is 1. The predicted octanol–water partition coefficient (Wildman–Crippen LogP) is 2.78. The third kappa shape index (κ3) is 1.01. The molecule has 1 aliphatic rings. The fraction of sp³-hybridized carbons (Fsp3) is 0.333. The van der Waals surface area contributed by atoms with Crippen LogP contribution in [0.25, 0.3) is 11.0 Å². The van der Waals surface area contributed by atoms with Crippen molar-refractivity contribution in [2.45, 2.75) is 19.4 Å².